The van der Waals surface area contributed by atoms with Crippen molar-refractivity contribution >= 4 is 21.9 Å². The second-order valence-corrected chi connectivity index (χ2v) is 7.47. The van der Waals surface area contributed by atoms with Crippen LogP contribution in [0.5, 0.6) is 0 Å². The molecule has 0 fully saturated rings. The minimum absolute atomic E-state index is 0.0169. The molecule has 9 heteroatoms. The Morgan fingerprint density at radius 1 is 1.28 bits per heavy atom. The third-order valence-corrected chi connectivity index (χ3v) is 5.29. The molecule has 140 valence electrons. The lowest BCUT2D eigenvalue weighted by Gasteiger charge is -2.17. The van der Waals surface area contributed by atoms with E-state index in [2.05, 4.69) is 5.32 Å². The van der Waals surface area contributed by atoms with Gasteiger partial charge in [-0.3, -0.25) is 4.79 Å². The van der Waals surface area contributed by atoms with Gasteiger partial charge >= 0.3 is 5.97 Å². The van der Waals surface area contributed by atoms with E-state index in [1.807, 2.05) is 0 Å². The van der Waals surface area contributed by atoms with Crippen molar-refractivity contribution in [1.82, 2.24) is 9.62 Å². The molecule has 0 aromatic heterocycles. The highest BCUT2D eigenvalue weighted by molar-refractivity contribution is 7.89. The molecule has 0 aliphatic rings. The summed E-state index contributed by atoms with van der Waals surface area (Å²) in [6.45, 7) is 3.52. The van der Waals surface area contributed by atoms with Crippen molar-refractivity contribution in [3.63, 3.8) is 0 Å². The largest absolute Gasteiger partial charge is 0.464 e. The molecule has 7 nitrogen and oxygen atoms in total. The molecule has 0 bridgehead atoms. The normalized spacial score (nSPS) is 12.7. The number of rotatable bonds is 9. The van der Waals surface area contributed by atoms with Crippen molar-refractivity contribution in [2.75, 3.05) is 20.2 Å². The Morgan fingerprint density at radius 3 is 2.44 bits per heavy atom. The van der Waals surface area contributed by atoms with Crippen LogP contribution >= 0.6 is 0 Å². The molecule has 1 amide bonds. The Morgan fingerprint density at radius 2 is 1.88 bits per heavy atom. The van der Waals surface area contributed by atoms with Crippen molar-refractivity contribution in [2.45, 2.75) is 37.6 Å². The number of esters is 1. The van der Waals surface area contributed by atoms with Crippen LogP contribution in [0.25, 0.3) is 0 Å². The Kier molecular flexibility index (Phi) is 7.98. The van der Waals surface area contributed by atoms with Gasteiger partial charge in [-0.15, -0.1) is 0 Å². The first-order valence-electron chi connectivity index (χ1n) is 7.86. The predicted octanol–water partition coefficient (Wildman–Crippen LogP) is 1.29. The minimum Gasteiger partial charge on any atom is -0.464 e. The summed E-state index contributed by atoms with van der Waals surface area (Å²) in [5, 5.41) is 2.49. The van der Waals surface area contributed by atoms with Crippen LogP contribution in [0, 0.1) is 5.82 Å². The summed E-state index contributed by atoms with van der Waals surface area (Å²) in [7, 11) is -2.35. The maximum atomic E-state index is 12.9. The van der Waals surface area contributed by atoms with Gasteiger partial charge in [-0.25, -0.2) is 21.9 Å². The maximum absolute atomic E-state index is 12.9. The fourth-order valence-electron chi connectivity index (χ4n) is 2.01. The number of hydrogen-bond acceptors (Lipinski definition) is 5. The van der Waals surface area contributed by atoms with Crippen LogP contribution < -0.4 is 5.32 Å². The zero-order valence-corrected chi connectivity index (χ0v) is 15.3. The van der Waals surface area contributed by atoms with Gasteiger partial charge in [0.05, 0.1) is 11.5 Å². The fraction of sp³-hybridized carbons (Fsp3) is 0.500. The van der Waals surface area contributed by atoms with Gasteiger partial charge in [-0.1, -0.05) is 0 Å². The van der Waals surface area contributed by atoms with Crippen molar-refractivity contribution < 1.29 is 27.1 Å². The quantitative estimate of drug-likeness (QED) is 0.658. The SMILES string of the molecule is CCOC(=O)C(C)NC(=O)CCCN(C)S(=O)(=O)c1ccc(F)cc1. The van der Waals surface area contributed by atoms with Crippen LogP contribution in [-0.4, -0.2) is 50.8 Å². The number of benzene rings is 1. The summed E-state index contributed by atoms with van der Waals surface area (Å²) in [6, 6.07) is 3.77. The number of halogens is 1. The highest BCUT2D eigenvalue weighted by Gasteiger charge is 2.21. The summed E-state index contributed by atoms with van der Waals surface area (Å²) >= 11 is 0. The van der Waals surface area contributed by atoms with E-state index in [9.17, 15) is 22.4 Å². The first kappa shape index (κ1) is 21.0. The van der Waals surface area contributed by atoms with Gasteiger partial charge in [0.2, 0.25) is 15.9 Å². The lowest BCUT2D eigenvalue weighted by atomic mass is 10.2. The summed E-state index contributed by atoms with van der Waals surface area (Å²) in [5.74, 6) is -1.41. The number of nitrogens with one attached hydrogen (secondary N) is 1. The number of amides is 1. The van der Waals surface area contributed by atoms with Gasteiger partial charge in [-0.05, 0) is 44.5 Å². The zero-order valence-electron chi connectivity index (χ0n) is 14.5. The first-order chi connectivity index (χ1) is 11.7. The van der Waals surface area contributed by atoms with E-state index in [1.165, 1.54) is 26.1 Å². The van der Waals surface area contributed by atoms with E-state index in [1.54, 1.807) is 6.92 Å². The molecule has 0 radical (unpaired) electrons. The average molecular weight is 374 g/mol. The number of carbonyl (C=O) groups excluding carboxylic acids is 2. The molecule has 1 N–H and O–H groups in total. The van der Waals surface area contributed by atoms with Gasteiger partial charge in [0.1, 0.15) is 11.9 Å². The van der Waals surface area contributed by atoms with E-state index < -0.39 is 27.9 Å². The molecule has 25 heavy (non-hydrogen) atoms. The van der Waals surface area contributed by atoms with Crippen LogP contribution in [0.4, 0.5) is 4.39 Å². The number of sulfonamides is 1. The minimum atomic E-state index is -3.74. The number of carbonyl (C=O) groups is 2. The number of hydrogen-bond donors (Lipinski definition) is 1. The molecule has 0 heterocycles. The molecule has 1 unspecified atom stereocenters. The zero-order chi connectivity index (χ0) is 19.0. The van der Waals surface area contributed by atoms with Gasteiger partial charge < -0.3 is 10.1 Å². The topological polar surface area (TPSA) is 92.8 Å². The molecule has 1 aromatic rings. The molecule has 0 saturated heterocycles. The lowest BCUT2D eigenvalue weighted by molar-refractivity contribution is -0.146. The molecule has 1 atom stereocenters. The van der Waals surface area contributed by atoms with Gasteiger partial charge in [0.25, 0.3) is 0 Å². The van der Waals surface area contributed by atoms with Crippen molar-refractivity contribution in [3.05, 3.63) is 30.1 Å². The molecule has 0 aliphatic heterocycles. The summed E-state index contributed by atoms with van der Waals surface area (Å²) in [5.41, 5.74) is 0. The van der Waals surface area contributed by atoms with E-state index >= 15 is 0 Å². The Labute approximate surface area is 147 Å². The lowest BCUT2D eigenvalue weighted by Crippen LogP contribution is -2.39. The third kappa shape index (κ3) is 6.43. The highest BCUT2D eigenvalue weighted by atomic mass is 32.2. The van der Waals surface area contributed by atoms with Crippen molar-refractivity contribution in [1.29, 1.82) is 0 Å². The monoisotopic (exact) mass is 374 g/mol. The predicted molar refractivity (Wildman–Crippen MR) is 89.7 cm³/mol. The van der Waals surface area contributed by atoms with Crippen LogP contribution in [0.1, 0.15) is 26.7 Å². The van der Waals surface area contributed by atoms with Crippen molar-refractivity contribution in [3.8, 4) is 0 Å². The molecule has 0 saturated carbocycles. The molecular weight excluding hydrogens is 351 g/mol. The van der Waals surface area contributed by atoms with Gasteiger partial charge in [-0.2, -0.15) is 0 Å². The second kappa shape index (κ2) is 9.47. The molecule has 1 rings (SSSR count). The first-order valence-corrected chi connectivity index (χ1v) is 9.30. The van der Waals surface area contributed by atoms with E-state index in [0.717, 1.165) is 16.4 Å². The molecular formula is C16H23FN2O5S. The van der Waals surface area contributed by atoms with Crippen molar-refractivity contribution in [2.24, 2.45) is 0 Å². The second-order valence-electron chi connectivity index (χ2n) is 5.43. The fourth-order valence-corrected chi connectivity index (χ4v) is 3.22. The number of ether oxygens (including phenoxy) is 1. The Hall–Kier alpha value is -2.00. The van der Waals surface area contributed by atoms with E-state index in [4.69, 9.17) is 4.74 Å². The molecule has 0 aliphatic carbocycles. The van der Waals surface area contributed by atoms with E-state index in [-0.39, 0.29) is 36.8 Å². The summed E-state index contributed by atoms with van der Waals surface area (Å²) in [6.07, 6.45) is 0.339. The Balaban J connectivity index is 2.48. The van der Waals surface area contributed by atoms with Crippen LogP contribution in [0.3, 0.4) is 0 Å². The van der Waals surface area contributed by atoms with E-state index in [0.29, 0.717) is 0 Å². The highest BCUT2D eigenvalue weighted by Crippen LogP contribution is 2.15. The van der Waals surface area contributed by atoms with Crippen LogP contribution in [0.15, 0.2) is 29.2 Å². The number of nitrogens with zero attached hydrogens (tertiary/aromatic N) is 1. The summed E-state index contributed by atoms with van der Waals surface area (Å²) in [4.78, 5) is 23.2. The van der Waals surface area contributed by atoms with Gasteiger partial charge in [0, 0.05) is 20.0 Å². The summed E-state index contributed by atoms with van der Waals surface area (Å²) < 4.78 is 43.4. The third-order valence-electron chi connectivity index (χ3n) is 3.42. The standard InChI is InChI=1S/C16H23FN2O5S/c1-4-24-16(21)12(2)18-15(20)6-5-11-19(3)25(22,23)14-9-7-13(17)8-10-14/h7-10,12H,4-6,11H2,1-3H3,(H,18,20). The maximum Gasteiger partial charge on any atom is 0.328 e. The average Bonchev–Trinajstić information content (AvgIpc) is 2.55. The smallest absolute Gasteiger partial charge is 0.328 e. The molecule has 0 spiro atoms. The van der Waals surface area contributed by atoms with Crippen LogP contribution in [-0.2, 0) is 24.3 Å². The Bertz CT molecular complexity index is 691. The molecule has 1 aromatic carbocycles. The van der Waals surface area contributed by atoms with Gasteiger partial charge in [0.15, 0.2) is 0 Å². The van der Waals surface area contributed by atoms with Crippen LogP contribution in [0.2, 0.25) is 0 Å².